The summed E-state index contributed by atoms with van der Waals surface area (Å²) in [5.74, 6) is 1.12. The van der Waals surface area contributed by atoms with E-state index in [-0.39, 0.29) is 0 Å². The van der Waals surface area contributed by atoms with E-state index in [1.807, 2.05) is 18.2 Å². The van der Waals surface area contributed by atoms with E-state index in [9.17, 15) is 5.11 Å². The number of nitrogens with zero attached hydrogens (tertiary/aromatic N) is 1. The van der Waals surface area contributed by atoms with Crippen LogP contribution in [0.5, 0.6) is 0 Å². The topological polar surface area (TPSA) is 23.5 Å². The minimum Gasteiger partial charge on any atom is -0.385 e. The van der Waals surface area contributed by atoms with Crippen molar-refractivity contribution in [1.29, 1.82) is 0 Å². The summed E-state index contributed by atoms with van der Waals surface area (Å²) < 4.78 is 0. The van der Waals surface area contributed by atoms with Crippen molar-refractivity contribution in [2.75, 3.05) is 20.1 Å². The van der Waals surface area contributed by atoms with E-state index in [4.69, 9.17) is 0 Å². The molecule has 1 saturated carbocycles. The van der Waals surface area contributed by atoms with E-state index in [0.717, 1.165) is 25.1 Å². The van der Waals surface area contributed by atoms with Gasteiger partial charge in [0.2, 0.25) is 0 Å². The Morgan fingerprint density at radius 3 is 2.75 bits per heavy atom. The summed E-state index contributed by atoms with van der Waals surface area (Å²) in [6.45, 7) is 2.19. The Morgan fingerprint density at radius 1 is 1.25 bits per heavy atom. The van der Waals surface area contributed by atoms with Crippen molar-refractivity contribution in [2.45, 2.75) is 18.4 Å². The smallest absolute Gasteiger partial charge is 0.0940 e. The molecule has 3 unspecified atom stereocenters. The molecule has 1 heterocycles. The molecular formula is C14H19NO. The first-order valence-corrected chi connectivity index (χ1v) is 6.16. The van der Waals surface area contributed by atoms with Crippen LogP contribution in [0.15, 0.2) is 30.3 Å². The predicted molar refractivity (Wildman–Crippen MR) is 64.0 cm³/mol. The van der Waals surface area contributed by atoms with Gasteiger partial charge in [0.25, 0.3) is 0 Å². The molecule has 0 bridgehead atoms. The maximum atomic E-state index is 10.9. The van der Waals surface area contributed by atoms with E-state index in [2.05, 4.69) is 24.1 Å². The second-order valence-electron chi connectivity index (χ2n) is 5.42. The molecule has 2 nitrogen and oxygen atoms in total. The molecule has 0 spiro atoms. The first-order valence-electron chi connectivity index (χ1n) is 6.16. The van der Waals surface area contributed by atoms with Gasteiger partial charge in [-0.3, -0.25) is 0 Å². The van der Waals surface area contributed by atoms with Crippen molar-refractivity contribution >= 4 is 0 Å². The number of fused-ring (bicyclic) bond motifs is 1. The van der Waals surface area contributed by atoms with Crippen LogP contribution in [0.1, 0.15) is 18.4 Å². The van der Waals surface area contributed by atoms with E-state index < -0.39 is 5.60 Å². The highest BCUT2D eigenvalue weighted by atomic mass is 16.3. The summed E-state index contributed by atoms with van der Waals surface area (Å²) >= 11 is 0. The average molecular weight is 217 g/mol. The summed E-state index contributed by atoms with van der Waals surface area (Å²) in [4.78, 5) is 2.35. The Morgan fingerprint density at radius 2 is 2.00 bits per heavy atom. The van der Waals surface area contributed by atoms with Crippen LogP contribution in [-0.2, 0) is 5.60 Å². The fraction of sp³-hybridized carbons (Fsp3) is 0.571. The number of aliphatic hydroxyl groups is 1. The average Bonchev–Trinajstić information content (AvgIpc) is 2.81. The maximum absolute atomic E-state index is 10.9. The maximum Gasteiger partial charge on any atom is 0.0940 e. The lowest BCUT2D eigenvalue weighted by Gasteiger charge is -2.30. The van der Waals surface area contributed by atoms with Gasteiger partial charge in [-0.25, -0.2) is 0 Å². The third-order valence-corrected chi connectivity index (χ3v) is 4.41. The Balaban J connectivity index is 1.94. The number of hydrogen-bond acceptors (Lipinski definition) is 2. The molecule has 1 aliphatic carbocycles. The van der Waals surface area contributed by atoms with Crippen LogP contribution in [0.3, 0.4) is 0 Å². The van der Waals surface area contributed by atoms with Gasteiger partial charge in [0.15, 0.2) is 0 Å². The molecule has 3 atom stereocenters. The second kappa shape index (κ2) is 3.57. The van der Waals surface area contributed by atoms with Gasteiger partial charge in [-0.2, -0.15) is 0 Å². The van der Waals surface area contributed by atoms with Crippen LogP contribution < -0.4 is 0 Å². The van der Waals surface area contributed by atoms with Crippen molar-refractivity contribution in [3.63, 3.8) is 0 Å². The predicted octanol–water partition coefficient (Wildman–Crippen LogP) is 1.85. The molecule has 1 aromatic carbocycles. The fourth-order valence-electron chi connectivity index (χ4n) is 3.60. The van der Waals surface area contributed by atoms with Crippen LogP contribution in [0, 0.1) is 11.8 Å². The zero-order valence-corrected chi connectivity index (χ0v) is 9.76. The minimum absolute atomic E-state index is 0.430. The SMILES string of the molecule is CN1CC2CCC(O)(c3ccccc3)C2C1. The number of benzene rings is 1. The van der Waals surface area contributed by atoms with Crippen LogP contribution in [0.2, 0.25) is 0 Å². The zero-order valence-electron chi connectivity index (χ0n) is 9.76. The van der Waals surface area contributed by atoms with Gasteiger partial charge >= 0.3 is 0 Å². The molecule has 1 N–H and O–H groups in total. The summed E-state index contributed by atoms with van der Waals surface area (Å²) in [5, 5.41) is 10.9. The molecule has 0 radical (unpaired) electrons. The van der Waals surface area contributed by atoms with Gasteiger partial charge in [0, 0.05) is 19.0 Å². The minimum atomic E-state index is -0.573. The van der Waals surface area contributed by atoms with E-state index in [1.165, 1.54) is 6.42 Å². The van der Waals surface area contributed by atoms with Gasteiger partial charge in [0.1, 0.15) is 0 Å². The summed E-state index contributed by atoms with van der Waals surface area (Å²) in [6.07, 6.45) is 2.10. The molecular weight excluding hydrogens is 198 g/mol. The Hall–Kier alpha value is -0.860. The first-order chi connectivity index (χ1) is 7.70. The number of likely N-dealkylation sites (tertiary alicyclic amines) is 1. The van der Waals surface area contributed by atoms with Crippen molar-refractivity contribution in [2.24, 2.45) is 11.8 Å². The van der Waals surface area contributed by atoms with Gasteiger partial charge in [-0.1, -0.05) is 30.3 Å². The van der Waals surface area contributed by atoms with Crippen LogP contribution >= 0.6 is 0 Å². The van der Waals surface area contributed by atoms with Gasteiger partial charge in [-0.05, 0) is 31.4 Å². The third kappa shape index (κ3) is 1.40. The summed E-state index contributed by atoms with van der Waals surface area (Å²) in [7, 11) is 2.16. The van der Waals surface area contributed by atoms with Gasteiger partial charge in [-0.15, -0.1) is 0 Å². The molecule has 1 aromatic rings. The Labute approximate surface area is 96.9 Å². The summed E-state index contributed by atoms with van der Waals surface area (Å²) in [6, 6.07) is 10.2. The molecule has 86 valence electrons. The number of rotatable bonds is 1. The molecule has 0 aromatic heterocycles. The van der Waals surface area contributed by atoms with Crippen LogP contribution in [0.25, 0.3) is 0 Å². The third-order valence-electron chi connectivity index (χ3n) is 4.41. The van der Waals surface area contributed by atoms with Crippen molar-refractivity contribution in [3.05, 3.63) is 35.9 Å². The largest absolute Gasteiger partial charge is 0.385 e. The normalized spacial score (nSPS) is 38.9. The lowest BCUT2D eigenvalue weighted by atomic mass is 9.82. The lowest BCUT2D eigenvalue weighted by molar-refractivity contribution is -0.00560. The fourth-order valence-corrected chi connectivity index (χ4v) is 3.60. The van der Waals surface area contributed by atoms with Gasteiger partial charge in [0.05, 0.1) is 5.60 Å². The highest BCUT2D eigenvalue weighted by molar-refractivity contribution is 5.26. The van der Waals surface area contributed by atoms with E-state index in [0.29, 0.717) is 11.8 Å². The first kappa shape index (κ1) is 10.3. The van der Waals surface area contributed by atoms with E-state index >= 15 is 0 Å². The Kier molecular flexibility index (Phi) is 2.30. The standard InChI is InChI=1S/C14H19NO/c1-15-9-11-7-8-14(16,13(11)10-15)12-5-3-2-4-6-12/h2-6,11,13,16H,7-10H2,1H3. The molecule has 1 aliphatic heterocycles. The monoisotopic (exact) mass is 217 g/mol. The Bertz CT molecular complexity index is 378. The molecule has 1 saturated heterocycles. The van der Waals surface area contributed by atoms with Crippen molar-refractivity contribution in [1.82, 2.24) is 4.90 Å². The zero-order chi connectivity index (χ0) is 11.2. The van der Waals surface area contributed by atoms with Crippen LogP contribution in [-0.4, -0.2) is 30.1 Å². The molecule has 2 heteroatoms. The molecule has 2 fully saturated rings. The molecule has 2 aliphatic rings. The number of hydrogen-bond donors (Lipinski definition) is 1. The summed E-state index contributed by atoms with van der Waals surface area (Å²) in [5.41, 5.74) is 0.536. The van der Waals surface area contributed by atoms with E-state index in [1.54, 1.807) is 0 Å². The molecule has 3 rings (SSSR count). The van der Waals surface area contributed by atoms with Crippen molar-refractivity contribution in [3.8, 4) is 0 Å². The molecule has 0 amide bonds. The van der Waals surface area contributed by atoms with Crippen LogP contribution in [0.4, 0.5) is 0 Å². The quantitative estimate of drug-likeness (QED) is 0.776. The molecule has 16 heavy (non-hydrogen) atoms. The second-order valence-corrected chi connectivity index (χ2v) is 5.42. The highest BCUT2D eigenvalue weighted by Gasteiger charge is 2.51. The van der Waals surface area contributed by atoms with Gasteiger partial charge < -0.3 is 10.0 Å². The lowest BCUT2D eigenvalue weighted by Crippen LogP contribution is -2.34. The van der Waals surface area contributed by atoms with Crippen molar-refractivity contribution < 1.29 is 5.11 Å². The highest BCUT2D eigenvalue weighted by Crippen LogP contribution is 2.49.